The number of hydrogen-bond acceptors (Lipinski definition) is 6. The highest BCUT2D eigenvalue weighted by molar-refractivity contribution is 5.98. The topological polar surface area (TPSA) is 98.5 Å². The Morgan fingerprint density at radius 3 is 2.39 bits per heavy atom. The lowest BCUT2D eigenvalue weighted by Gasteiger charge is -2.20. The third-order valence-electron chi connectivity index (χ3n) is 6.19. The molecule has 7 heteroatoms. The second kappa shape index (κ2) is 11.6. The molecule has 3 aromatic carbocycles. The van der Waals surface area contributed by atoms with Gasteiger partial charge in [0, 0.05) is 42.0 Å². The van der Waals surface area contributed by atoms with E-state index in [4.69, 9.17) is 15.2 Å². The summed E-state index contributed by atoms with van der Waals surface area (Å²) >= 11 is 0. The summed E-state index contributed by atoms with van der Waals surface area (Å²) in [5.41, 5.74) is 12.4. The molecule has 1 amide bonds. The van der Waals surface area contributed by atoms with E-state index in [0.29, 0.717) is 11.5 Å². The van der Waals surface area contributed by atoms with Gasteiger partial charge in [0.2, 0.25) is 5.91 Å². The maximum absolute atomic E-state index is 11.9. The molecule has 4 aromatic rings. The lowest BCUT2D eigenvalue weighted by atomic mass is 10.0. The highest BCUT2D eigenvalue weighted by atomic mass is 16.5. The molecule has 186 valence electrons. The largest absolute Gasteiger partial charge is 0.493 e. The molecule has 4 N–H and O–H groups in total. The number of primary amides is 1. The summed E-state index contributed by atoms with van der Waals surface area (Å²) in [6, 6.07) is 20.3. The molecule has 1 aromatic heterocycles. The van der Waals surface area contributed by atoms with Crippen molar-refractivity contribution >= 4 is 28.2 Å². The lowest BCUT2D eigenvalue weighted by Crippen LogP contribution is -2.16. The number of anilines is 2. The van der Waals surface area contributed by atoms with Crippen LogP contribution in [0.15, 0.2) is 66.9 Å². The first-order chi connectivity index (χ1) is 17.5. The summed E-state index contributed by atoms with van der Waals surface area (Å²) < 4.78 is 11.0. The van der Waals surface area contributed by atoms with E-state index < -0.39 is 5.91 Å². The number of aromatic nitrogens is 1. The van der Waals surface area contributed by atoms with Gasteiger partial charge in [0.05, 0.1) is 31.8 Å². The van der Waals surface area contributed by atoms with E-state index in [1.54, 1.807) is 20.4 Å². The number of carbonyl (C=O) groups is 1. The standard InChI is InChI=1S/C29H32N4O3/c1-4-22-20(17-31-16-19-9-6-5-7-10-19)11-8-12-24(22)33-29-21(13-28(30)34)18-32-25-15-27(36-3)26(35-2)14-23(25)29/h5-12,14-15,18,31H,4,13,16-17H2,1-3H3,(H2,30,34)(H,32,33). The van der Waals surface area contributed by atoms with Crippen molar-refractivity contribution in [2.45, 2.75) is 32.9 Å². The molecule has 0 aliphatic heterocycles. The van der Waals surface area contributed by atoms with Crippen LogP contribution in [0.2, 0.25) is 0 Å². The van der Waals surface area contributed by atoms with E-state index in [1.807, 2.05) is 36.4 Å². The predicted molar refractivity (Wildman–Crippen MR) is 144 cm³/mol. The van der Waals surface area contributed by atoms with E-state index in [1.165, 1.54) is 16.7 Å². The highest BCUT2D eigenvalue weighted by Crippen LogP contribution is 2.38. The first-order valence-corrected chi connectivity index (χ1v) is 12.0. The van der Waals surface area contributed by atoms with Gasteiger partial charge in [-0.25, -0.2) is 0 Å². The van der Waals surface area contributed by atoms with Crippen LogP contribution >= 0.6 is 0 Å². The Labute approximate surface area is 211 Å². The number of nitrogens with two attached hydrogens (primary N) is 1. The number of rotatable bonds is 11. The quantitative estimate of drug-likeness (QED) is 0.281. The molecule has 0 spiro atoms. The molecule has 36 heavy (non-hydrogen) atoms. The molecule has 0 aliphatic carbocycles. The molecule has 1 heterocycles. The summed E-state index contributed by atoms with van der Waals surface area (Å²) in [6.45, 7) is 3.68. The van der Waals surface area contributed by atoms with Crippen LogP contribution in [0.25, 0.3) is 10.9 Å². The fourth-order valence-electron chi connectivity index (χ4n) is 4.44. The summed E-state index contributed by atoms with van der Waals surface area (Å²) in [7, 11) is 3.19. The number of hydrogen-bond donors (Lipinski definition) is 3. The number of pyridine rings is 1. The molecule has 0 unspecified atom stereocenters. The molecule has 0 atom stereocenters. The fourth-order valence-corrected chi connectivity index (χ4v) is 4.44. The van der Waals surface area contributed by atoms with Gasteiger partial charge in [0.15, 0.2) is 11.5 Å². The van der Waals surface area contributed by atoms with E-state index >= 15 is 0 Å². The van der Waals surface area contributed by atoms with Gasteiger partial charge in [-0.1, -0.05) is 49.4 Å². The zero-order valence-electron chi connectivity index (χ0n) is 20.9. The fraction of sp³-hybridized carbons (Fsp3) is 0.241. The normalized spacial score (nSPS) is 10.9. The van der Waals surface area contributed by atoms with Crippen molar-refractivity contribution < 1.29 is 14.3 Å². The van der Waals surface area contributed by atoms with Crippen LogP contribution in [-0.4, -0.2) is 25.1 Å². The number of fused-ring (bicyclic) bond motifs is 1. The van der Waals surface area contributed by atoms with Gasteiger partial charge in [-0.2, -0.15) is 0 Å². The number of benzene rings is 3. The number of amides is 1. The van der Waals surface area contributed by atoms with E-state index in [0.717, 1.165) is 47.4 Å². The van der Waals surface area contributed by atoms with Crippen LogP contribution in [-0.2, 0) is 30.7 Å². The molecule has 7 nitrogen and oxygen atoms in total. The molecule has 0 saturated heterocycles. The van der Waals surface area contributed by atoms with Crippen LogP contribution in [0.5, 0.6) is 11.5 Å². The number of nitrogens with one attached hydrogen (secondary N) is 2. The monoisotopic (exact) mass is 484 g/mol. The van der Waals surface area contributed by atoms with Crippen molar-refractivity contribution in [3.63, 3.8) is 0 Å². The number of methoxy groups -OCH3 is 2. The highest BCUT2D eigenvalue weighted by Gasteiger charge is 2.17. The molecule has 0 fully saturated rings. The number of ether oxygens (including phenoxy) is 2. The van der Waals surface area contributed by atoms with Crippen LogP contribution in [0.4, 0.5) is 11.4 Å². The predicted octanol–water partition coefficient (Wildman–Crippen LogP) is 4.88. The van der Waals surface area contributed by atoms with Gasteiger partial charge in [0.25, 0.3) is 0 Å². The maximum atomic E-state index is 11.9. The van der Waals surface area contributed by atoms with Crippen molar-refractivity contribution in [3.8, 4) is 11.5 Å². The number of carbonyl (C=O) groups excluding carboxylic acids is 1. The molecule has 0 aliphatic rings. The molecular formula is C29H32N4O3. The summed E-state index contributed by atoms with van der Waals surface area (Å²) in [5.74, 6) is 0.752. The molecule has 4 rings (SSSR count). The summed E-state index contributed by atoms with van der Waals surface area (Å²) in [5, 5.41) is 7.98. The minimum Gasteiger partial charge on any atom is -0.493 e. The minimum absolute atomic E-state index is 0.0688. The second-order valence-electron chi connectivity index (χ2n) is 8.54. The van der Waals surface area contributed by atoms with Gasteiger partial charge >= 0.3 is 0 Å². The van der Waals surface area contributed by atoms with Crippen molar-refractivity contribution in [3.05, 3.63) is 89.1 Å². The maximum Gasteiger partial charge on any atom is 0.221 e. The zero-order chi connectivity index (χ0) is 25.5. The third-order valence-corrected chi connectivity index (χ3v) is 6.19. The second-order valence-corrected chi connectivity index (χ2v) is 8.54. The molecule has 0 bridgehead atoms. The van der Waals surface area contributed by atoms with Crippen molar-refractivity contribution in [1.82, 2.24) is 10.3 Å². The van der Waals surface area contributed by atoms with Crippen LogP contribution < -0.4 is 25.8 Å². The SMILES string of the molecule is CCc1c(CNCc2ccccc2)cccc1Nc1c(CC(N)=O)cnc2cc(OC)c(OC)cc12. The Hall–Kier alpha value is -4.10. The average Bonchev–Trinajstić information content (AvgIpc) is 2.89. The van der Waals surface area contributed by atoms with Gasteiger partial charge in [-0.3, -0.25) is 9.78 Å². The minimum atomic E-state index is -0.422. The van der Waals surface area contributed by atoms with Crippen molar-refractivity contribution in [2.75, 3.05) is 19.5 Å². The zero-order valence-corrected chi connectivity index (χ0v) is 20.9. The molecule has 0 radical (unpaired) electrons. The van der Waals surface area contributed by atoms with Crippen molar-refractivity contribution in [2.24, 2.45) is 5.73 Å². The van der Waals surface area contributed by atoms with Gasteiger partial charge in [0.1, 0.15) is 0 Å². The Morgan fingerprint density at radius 2 is 1.69 bits per heavy atom. The van der Waals surface area contributed by atoms with Gasteiger partial charge in [-0.15, -0.1) is 0 Å². The Bertz CT molecular complexity index is 1360. The van der Waals surface area contributed by atoms with E-state index in [-0.39, 0.29) is 6.42 Å². The first kappa shape index (κ1) is 25.0. The van der Waals surface area contributed by atoms with E-state index in [2.05, 4.69) is 46.8 Å². The summed E-state index contributed by atoms with van der Waals surface area (Å²) in [6.07, 6.45) is 2.61. The van der Waals surface area contributed by atoms with Crippen molar-refractivity contribution in [1.29, 1.82) is 0 Å². The summed E-state index contributed by atoms with van der Waals surface area (Å²) in [4.78, 5) is 16.4. The Morgan fingerprint density at radius 1 is 0.944 bits per heavy atom. The van der Waals surface area contributed by atoms with Gasteiger partial charge < -0.3 is 25.8 Å². The Kier molecular flexibility index (Phi) is 8.02. The van der Waals surface area contributed by atoms with Gasteiger partial charge in [-0.05, 0) is 35.2 Å². The molecule has 0 saturated carbocycles. The smallest absolute Gasteiger partial charge is 0.221 e. The van der Waals surface area contributed by atoms with Crippen LogP contribution in [0.3, 0.4) is 0 Å². The van der Waals surface area contributed by atoms with Crippen LogP contribution in [0, 0.1) is 0 Å². The first-order valence-electron chi connectivity index (χ1n) is 12.0. The third kappa shape index (κ3) is 5.58. The van der Waals surface area contributed by atoms with E-state index in [9.17, 15) is 4.79 Å². The number of nitrogens with zero attached hydrogens (tertiary/aromatic N) is 1. The average molecular weight is 485 g/mol. The Balaban J connectivity index is 1.71. The van der Waals surface area contributed by atoms with Crippen LogP contribution in [0.1, 0.15) is 29.2 Å². The molecular weight excluding hydrogens is 452 g/mol. The lowest BCUT2D eigenvalue weighted by molar-refractivity contribution is -0.117.